The Kier molecular flexibility index (Phi) is 11.5. The lowest BCUT2D eigenvalue weighted by molar-refractivity contribution is -0.134. The predicted molar refractivity (Wildman–Crippen MR) is 103 cm³/mol. The summed E-state index contributed by atoms with van der Waals surface area (Å²) in [6.45, 7) is 2.86. The van der Waals surface area contributed by atoms with Crippen LogP contribution in [0.2, 0.25) is 0 Å². The molecule has 1 fully saturated rings. The fourth-order valence-electron chi connectivity index (χ4n) is 2.35. The van der Waals surface area contributed by atoms with Crippen molar-refractivity contribution in [3.63, 3.8) is 0 Å². The average Bonchev–Trinajstić information content (AvgIpc) is 2.68. The number of piperidine rings is 1. The van der Waals surface area contributed by atoms with Crippen molar-refractivity contribution in [3.8, 4) is 0 Å². The number of hydrogen-bond donors (Lipinski definition) is 3. The number of carboxylic acids is 2. The number of carboxylic acid groups (broad SMARTS) is 2. The van der Waals surface area contributed by atoms with Crippen molar-refractivity contribution in [3.05, 3.63) is 42.2 Å². The summed E-state index contributed by atoms with van der Waals surface area (Å²) in [5.74, 6) is -2.51. The standard InChI is InChI=1S/C14H20ClN3O2.C4H4O4/c15-14(13-6-2-3-7-16-13)17-20-11-12(19)10-18-8-4-1-5-9-18;5-3(6)1-2-4(7)8/h2-3,6-7,12,19H,1,4-5,8-11H2;1-2H,(H,5,6)(H,7,8). The van der Waals surface area contributed by atoms with E-state index in [1.165, 1.54) is 19.3 Å². The number of β-amino-alcohol motifs (C(OH)–C–C–N with tert-alkyl or cyclic N) is 1. The van der Waals surface area contributed by atoms with Gasteiger partial charge in [-0.15, -0.1) is 0 Å². The van der Waals surface area contributed by atoms with Crippen LogP contribution in [0, 0.1) is 0 Å². The van der Waals surface area contributed by atoms with Gasteiger partial charge in [0.1, 0.15) is 18.4 Å². The van der Waals surface area contributed by atoms with Gasteiger partial charge in [0.05, 0.1) is 0 Å². The smallest absolute Gasteiger partial charge is 0.328 e. The van der Waals surface area contributed by atoms with Crippen LogP contribution in [0.4, 0.5) is 0 Å². The van der Waals surface area contributed by atoms with E-state index in [1.54, 1.807) is 18.3 Å². The number of likely N-dealkylation sites (tertiary alicyclic amines) is 1. The number of aliphatic hydroxyl groups is 1. The van der Waals surface area contributed by atoms with E-state index in [1.807, 2.05) is 6.07 Å². The van der Waals surface area contributed by atoms with E-state index >= 15 is 0 Å². The fraction of sp³-hybridized carbons (Fsp3) is 0.444. The van der Waals surface area contributed by atoms with Crippen LogP contribution in [-0.4, -0.2) is 74.7 Å². The topological polar surface area (TPSA) is 133 Å². The van der Waals surface area contributed by atoms with Crippen LogP contribution in [-0.2, 0) is 14.4 Å². The van der Waals surface area contributed by atoms with Crippen molar-refractivity contribution in [1.29, 1.82) is 0 Å². The molecular weight excluding hydrogens is 390 g/mol. The molecule has 0 spiro atoms. The number of aliphatic carboxylic acids is 2. The van der Waals surface area contributed by atoms with Gasteiger partial charge in [-0.2, -0.15) is 0 Å². The second kappa shape index (κ2) is 13.6. The summed E-state index contributed by atoms with van der Waals surface area (Å²) >= 11 is 5.95. The Labute approximate surface area is 167 Å². The number of nitrogens with zero attached hydrogens (tertiary/aromatic N) is 3. The summed E-state index contributed by atoms with van der Waals surface area (Å²) in [6.07, 6.45) is 5.90. The zero-order valence-corrected chi connectivity index (χ0v) is 16.0. The maximum Gasteiger partial charge on any atom is 0.328 e. The van der Waals surface area contributed by atoms with E-state index in [2.05, 4.69) is 15.0 Å². The largest absolute Gasteiger partial charge is 0.478 e. The van der Waals surface area contributed by atoms with Gasteiger partial charge in [-0.05, 0) is 38.1 Å². The molecule has 0 radical (unpaired) electrons. The molecule has 1 aromatic heterocycles. The third-order valence-electron chi connectivity index (χ3n) is 3.57. The van der Waals surface area contributed by atoms with E-state index in [-0.39, 0.29) is 11.8 Å². The summed E-state index contributed by atoms with van der Waals surface area (Å²) in [6, 6.07) is 5.38. The van der Waals surface area contributed by atoms with Crippen LogP contribution >= 0.6 is 11.6 Å². The molecule has 0 bridgehead atoms. The van der Waals surface area contributed by atoms with Crippen LogP contribution in [0.1, 0.15) is 25.0 Å². The van der Waals surface area contributed by atoms with Gasteiger partial charge in [0.15, 0.2) is 5.17 Å². The summed E-state index contributed by atoms with van der Waals surface area (Å²) in [5, 5.41) is 29.5. The van der Waals surface area contributed by atoms with Crippen LogP contribution < -0.4 is 0 Å². The molecule has 0 saturated carbocycles. The van der Waals surface area contributed by atoms with Gasteiger partial charge in [0.25, 0.3) is 0 Å². The average molecular weight is 414 g/mol. The van der Waals surface area contributed by atoms with Gasteiger partial charge < -0.3 is 25.1 Å². The minimum atomic E-state index is -1.26. The second-order valence-corrected chi connectivity index (χ2v) is 6.28. The van der Waals surface area contributed by atoms with Crippen LogP contribution in [0.15, 0.2) is 41.7 Å². The normalized spacial score (nSPS) is 16.1. The number of hydrogen-bond acceptors (Lipinski definition) is 7. The number of aliphatic hydroxyl groups excluding tert-OH is 1. The lowest BCUT2D eigenvalue weighted by Gasteiger charge is -2.27. The first-order chi connectivity index (χ1) is 13.4. The van der Waals surface area contributed by atoms with E-state index < -0.39 is 18.0 Å². The first-order valence-corrected chi connectivity index (χ1v) is 9.07. The molecule has 0 aromatic carbocycles. The third-order valence-corrected chi connectivity index (χ3v) is 3.84. The molecule has 28 heavy (non-hydrogen) atoms. The highest BCUT2D eigenvalue weighted by Crippen LogP contribution is 2.09. The number of aromatic nitrogens is 1. The Morgan fingerprint density at radius 3 is 2.39 bits per heavy atom. The zero-order valence-electron chi connectivity index (χ0n) is 15.3. The number of carbonyl (C=O) groups is 2. The first-order valence-electron chi connectivity index (χ1n) is 8.69. The molecular formula is C18H24ClN3O6. The summed E-state index contributed by atoms with van der Waals surface area (Å²) in [7, 11) is 0. The third kappa shape index (κ3) is 11.3. The molecule has 154 valence electrons. The highest BCUT2D eigenvalue weighted by atomic mass is 35.5. The number of halogens is 1. The van der Waals surface area contributed by atoms with Crippen LogP contribution in [0.25, 0.3) is 0 Å². The summed E-state index contributed by atoms with van der Waals surface area (Å²) in [5.41, 5.74) is 0.555. The Bertz CT molecular complexity index is 647. The lowest BCUT2D eigenvalue weighted by Crippen LogP contribution is -2.38. The molecule has 10 heteroatoms. The molecule has 0 aliphatic carbocycles. The van der Waals surface area contributed by atoms with Crippen molar-refractivity contribution in [2.24, 2.45) is 5.16 Å². The maximum absolute atomic E-state index is 9.89. The summed E-state index contributed by atoms with van der Waals surface area (Å²) in [4.78, 5) is 30.5. The van der Waals surface area contributed by atoms with Crippen LogP contribution in [0.3, 0.4) is 0 Å². The maximum atomic E-state index is 9.89. The van der Waals surface area contributed by atoms with Crippen LogP contribution in [0.5, 0.6) is 0 Å². The van der Waals surface area contributed by atoms with Gasteiger partial charge in [-0.25, -0.2) is 9.59 Å². The van der Waals surface area contributed by atoms with E-state index in [9.17, 15) is 14.7 Å². The highest BCUT2D eigenvalue weighted by Gasteiger charge is 2.15. The number of oxime groups is 1. The van der Waals surface area contributed by atoms with Crippen molar-refractivity contribution in [1.82, 2.24) is 9.88 Å². The first kappa shape index (κ1) is 23.5. The molecule has 0 amide bonds. The minimum Gasteiger partial charge on any atom is -0.478 e. The van der Waals surface area contributed by atoms with Gasteiger partial charge in [0, 0.05) is 24.9 Å². The SMILES string of the molecule is O=C(O)C=CC(=O)O.OC(CON=C(Cl)c1ccccn1)CN1CCCCC1. The van der Waals surface area contributed by atoms with Gasteiger partial charge in [-0.3, -0.25) is 4.98 Å². The Morgan fingerprint density at radius 1 is 1.21 bits per heavy atom. The quantitative estimate of drug-likeness (QED) is 0.332. The van der Waals surface area contributed by atoms with Crippen molar-refractivity contribution in [2.75, 3.05) is 26.2 Å². The van der Waals surface area contributed by atoms with E-state index in [4.69, 9.17) is 26.7 Å². The van der Waals surface area contributed by atoms with Crippen molar-refractivity contribution in [2.45, 2.75) is 25.4 Å². The molecule has 3 N–H and O–H groups in total. The molecule has 1 aliphatic heterocycles. The fourth-order valence-corrected chi connectivity index (χ4v) is 2.51. The molecule has 1 saturated heterocycles. The van der Waals surface area contributed by atoms with Crippen molar-refractivity contribution >= 4 is 28.7 Å². The Balaban J connectivity index is 0.000000416. The Morgan fingerprint density at radius 2 is 1.86 bits per heavy atom. The van der Waals surface area contributed by atoms with Gasteiger partial charge in [-0.1, -0.05) is 29.2 Å². The number of rotatable bonds is 8. The van der Waals surface area contributed by atoms with Crippen molar-refractivity contribution < 1.29 is 29.7 Å². The predicted octanol–water partition coefficient (Wildman–Crippen LogP) is 1.56. The molecule has 1 aliphatic rings. The molecule has 2 heterocycles. The molecule has 1 unspecified atom stereocenters. The monoisotopic (exact) mass is 413 g/mol. The molecule has 1 atom stereocenters. The Hall–Kier alpha value is -2.49. The second-order valence-electron chi connectivity index (χ2n) is 5.92. The molecule has 9 nitrogen and oxygen atoms in total. The molecule has 2 rings (SSSR count). The summed E-state index contributed by atoms with van der Waals surface area (Å²) < 4.78 is 0. The van der Waals surface area contributed by atoms with Gasteiger partial charge >= 0.3 is 11.9 Å². The van der Waals surface area contributed by atoms with Gasteiger partial charge in [0.2, 0.25) is 0 Å². The minimum absolute atomic E-state index is 0.138. The molecule has 1 aromatic rings. The lowest BCUT2D eigenvalue weighted by atomic mass is 10.1. The number of pyridine rings is 1. The van der Waals surface area contributed by atoms with E-state index in [0.717, 1.165) is 13.1 Å². The van der Waals surface area contributed by atoms with E-state index in [0.29, 0.717) is 24.4 Å². The highest BCUT2D eigenvalue weighted by molar-refractivity contribution is 6.69. The zero-order chi connectivity index (χ0) is 20.8.